The first-order valence-electron chi connectivity index (χ1n) is 23.1. The molecular formula is C50H72N4O13. The molecular weight excluding hydrogens is 865 g/mol. The molecule has 2 aliphatic rings. The number of cyclic esters (lactones) is 1. The number of aromatic nitrogens is 1. The molecule has 0 unspecified atom stereocenters. The number of alkyl carbamates (subject to hydrolysis) is 1. The molecule has 2 saturated heterocycles. The maximum atomic E-state index is 14.7. The van der Waals surface area contributed by atoms with Gasteiger partial charge in [-0.1, -0.05) is 57.4 Å². The summed E-state index contributed by atoms with van der Waals surface area (Å²) in [6.07, 6.45) is -5.51. The second-order valence-electron chi connectivity index (χ2n) is 18.8. The third-order valence-corrected chi connectivity index (χ3v) is 13.1. The Morgan fingerprint density at radius 1 is 0.970 bits per heavy atom. The van der Waals surface area contributed by atoms with E-state index in [9.17, 15) is 34.2 Å². The van der Waals surface area contributed by atoms with E-state index in [-0.39, 0.29) is 44.5 Å². The number of amides is 2. The van der Waals surface area contributed by atoms with E-state index in [1.165, 1.54) is 34.1 Å². The van der Waals surface area contributed by atoms with Gasteiger partial charge in [0.2, 0.25) is 0 Å². The molecule has 0 aliphatic carbocycles. The van der Waals surface area contributed by atoms with Crippen molar-refractivity contribution in [1.29, 1.82) is 0 Å². The number of carbonyl (C=O) groups is 5. The quantitative estimate of drug-likeness (QED) is 0.103. The third kappa shape index (κ3) is 14.5. The smallest absolute Gasteiger partial charge is 0.407 e. The van der Waals surface area contributed by atoms with E-state index in [1.54, 1.807) is 58.2 Å². The van der Waals surface area contributed by atoms with Gasteiger partial charge >= 0.3 is 18.0 Å². The Morgan fingerprint density at radius 3 is 2.25 bits per heavy atom. The number of methoxy groups -OCH3 is 1. The van der Waals surface area contributed by atoms with Crippen LogP contribution in [0.5, 0.6) is 0 Å². The molecule has 67 heavy (non-hydrogen) atoms. The lowest BCUT2D eigenvalue weighted by Gasteiger charge is -2.48. The minimum atomic E-state index is -2.15. The summed E-state index contributed by atoms with van der Waals surface area (Å²) >= 11 is 0. The topological polar surface area (TPSA) is 221 Å². The molecule has 370 valence electrons. The van der Waals surface area contributed by atoms with Crippen LogP contribution in [-0.4, -0.2) is 144 Å². The number of hydrogen-bond acceptors (Lipinski definition) is 15. The number of hydrogen-bond donors (Lipinski definition) is 4. The zero-order valence-electron chi connectivity index (χ0n) is 41.1. The Balaban J connectivity index is 1.70. The van der Waals surface area contributed by atoms with Crippen LogP contribution in [0.15, 0.2) is 48.8 Å². The van der Waals surface area contributed by atoms with E-state index in [2.05, 4.69) is 27.5 Å². The summed E-state index contributed by atoms with van der Waals surface area (Å²) in [6.45, 7) is 14.9. The summed E-state index contributed by atoms with van der Waals surface area (Å²) in [6, 6.07) is 10.4. The SMILES string of the molecule is CC[C@H]1OC(=O)[C@H](C)[C@@H](OC(=O)Cc2cccnc2)[C@H](C)[C@@H](O[C@@H]2O[C@H](C)C[C@H](N(C)C)[C@H]2O)[C@](C)(OC)C[C@@H](C)C(=O)[C@H](C)[C@@H](OC(=O)NCCNC(=O)C#Cc2ccc(C)cc2)[C@]1(C)O. The van der Waals surface area contributed by atoms with Crippen molar-refractivity contribution >= 4 is 29.7 Å². The molecule has 2 aliphatic heterocycles. The van der Waals surface area contributed by atoms with Gasteiger partial charge in [-0.05, 0) is 91.7 Å². The number of Topliss-reactive ketones (excluding diaryl/α,β-unsaturated/α-hetero) is 1. The zero-order valence-corrected chi connectivity index (χ0v) is 41.1. The van der Waals surface area contributed by atoms with Gasteiger partial charge in [0.15, 0.2) is 6.29 Å². The molecule has 1 aromatic heterocycles. The molecule has 0 saturated carbocycles. The lowest BCUT2D eigenvalue weighted by molar-refractivity contribution is -0.301. The number of rotatable bonds is 12. The van der Waals surface area contributed by atoms with Gasteiger partial charge in [-0.25, -0.2) is 4.79 Å². The minimum absolute atomic E-state index is 0.0148. The Kier molecular flexibility index (Phi) is 19.9. The Bertz CT molecular complexity index is 2040. The first kappa shape index (κ1) is 54.6. The van der Waals surface area contributed by atoms with Crippen molar-refractivity contribution in [2.75, 3.05) is 34.3 Å². The number of ketones is 1. The lowest BCUT2D eigenvalue weighted by atomic mass is 9.73. The summed E-state index contributed by atoms with van der Waals surface area (Å²) in [4.78, 5) is 74.8. The molecule has 1 aromatic carbocycles. The zero-order chi connectivity index (χ0) is 49.8. The normalized spacial score (nSPS) is 33.0. The van der Waals surface area contributed by atoms with Gasteiger partial charge in [-0.2, -0.15) is 0 Å². The van der Waals surface area contributed by atoms with Gasteiger partial charge in [-0.3, -0.25) is 24.2 Å². The fourth-order valence-electron chi connectivity index (χ4n) is 9.16. The number of aliphatic hydroxyl groups is 2. The number of aryl methyl sites for hydroxylation is 1. The Hall–Kier alpha value is -4.96. The van der Waals surface area contributed by atoms with Crippen LogP contribution >= 0.6 is 0 Å². The summed E-state index contributed by atoms with van der Waals surface area (Å²) < 4.78 is 37.5. The van der Waals surface area contributed by atoms with Crippen LogP contribution in [0.4, 0.5) is 4.79 Å². The fraction of sp³-hybridized carbons (Fsp3) is 0.640. The van der Waals surface area contributed by atoms with Crippen molar-refractivity contribution in [3.63, 3.8) is 0 Å². The summed E-state index contributed by atoms with van der Waals surface area (Å²) in [5.41, 5.74) is -1.26. The Morgan fingerprint density at radius 2 is 1.64 bits per heavy atom. The molecule has 0 spiro atoms. The second-order valence-corrected chi connectivity index (χ2v) is 18.8. The van der Waals surface area contributed by atoms with Gasteiger partial charge < -0.3 is 54.2 Å². The van der Waals surface area contributed by atoms with Crippen molar-refractivity contribution in [1.82, 2.24) is 20.5 Å². The van der Waals surface area contributed by atoms with E-state index in [0.29, 0.717) is 17.5 Å². The third-order valence-electron chi connectivity index (χ3n) is 13.1. The number of nitrogens with zero attached hydrogens (tertiary/aromatic N) is 2. The van der Waals surface area contributed by atoms with Crippen LogP contribution in [0.1, 0.15) is 91.3 Å². The van der Waals surface area contributed by atoms with E-state index >= 15 is 0 Å². The van der Waals surface area contributed by atoms with Crippen LogP contribution in [0.2, 0.25) is 0 Å². The molecule has 2 amide bonds. The number of carbonyl (C=O) groups excluding carboxylic acids is 5. The number of nitrogens with one attached hydrogen (secondary N) is 2. The highest BCUT2D eigenvalue weighted by atomic mass is 16.7. The predicted molar refractivity (Wildman–Crippen MR) is 247 cm³/mol. The van der Waals surface area contributed by atoms with Crippen molar-refractivity contribution in [3.8, 4) is 11.8 Å². The van der Waals surface area contributed by atoms with Crippen molar-refractivity contribution in [2.24, 2.45) is 23.7 Å². The van der Waals surface area contributed by atoms with Gasteiger partial charge in [-0.15, -0.1) is 0 Å². The largest absolute Gasteiger partial charge is 0.461 e. The maximum absolute atomic E-state index is 14.7. The summed E-state index contributed by atoms with van der Waals surface area (Å²) in [5.74, 6) is -1.35. The highest BCUT2D eigenvalue weighted by molar-refractivity contribution is 5.94. The number of aliphatic hydroxyl groups excluding tert-OH is 1. The number of ether oxygens (including phenoxy) is 6. The number of likely N-dealkylation sites (N-methyl/N-ethyl adjacent to an activating group) is 1. The molecule has 0 bridgehead atoms. The van der Waals surface area contributed by atoms with Crippen molar-refractivity contribution < 1.29 is 62.6 Å². The monoisotopic (exact) mass is 937 g/mol. The van der Waals surface area contributed by atoms with Gasteiger partial charge in [0, 0.05) is 62.0 Å². The Labute approximate surface area is 395 Å². The summed E-state index contributed by atoms with van der Waals surface area (Å²) in [7, 11) is 5.14. The molecule has 14 atom stereocenters. The number of pyridine rings is 1. The van der Waals surface area contributed by atoms with E-state index in [1.807, 2.05) is 45.0 Å². The first-order chi connectivity index (χ1) is 31.5. The second kappa shape index (κ2) is 24.4. The molecule has 2 aromatic rings. The average molecular weight is 937 g/mol. The molecule has 2 fully saturated rings. The molecule has 3 heterocycles. The van der Waals surface area contributed by atoms with E-state index in [4.69, 9.17) is 28.4 Å². The van der Waals surface area contributed by atoms with Crippen LogP contribution in [0, 0.1) is 42.4 Å². The van der Waals surface area contributed by atoms with Crippen molar-refractivity contribution in [3.05, 3.63) is 65.5 Å². The van der Waals surface area contributed by atoms with E-state index < -0.39 is 101 Å². The molecule has 0 radical (unpaired) electrons. The lowest BCUT2D eigenvalue weighted by Crippen LogP contribution is -2.61. The number of benzene rings is 1. The van der Waals surface area contributed by atoms with Gasteiger partial charge in [0.05, 0.1) is 36.1 Å². The predicted octanol–water partition coefficient (Wildman–Crippen LogP) is 3.91. The number of esters is 2. The van der Waals surface area contributed by atoms with Gasteiger partial charge in [0.1, 0.15) is 35.8 Å². The van der Waals surface area contributed by atoms with Crippen LogP contribution in [0.3, 0.4) is 0 Å². The first-order valence-corrected chi connectivity index (χ1v) is 23.1. The average Bonchev–Trinajstić information content (AvgIpc) is 3.29. The standard InChI is InChI=1S/C50H72N4O13/c1-13-38-50(9,61)45(67-48(60)53-24-23-52-39(55)21-20-35-18-16-29(2)17-19-35)32(5)41(57)30(3)27-49(8,62-12)44(66-47-42(58)37(54(10)11)25-31(4)63-47)33(6)43(34(7)46(59)64-38)65-40(56)26-36-15-14-22-51-28-36/h14-19,22,28,30-34,37-38,42-45,47,58,61H,13,23-27H2,1-12H3,(H,52,55)(H,53,60)/t30-,31-,32+,33+,34-,37+,38-,42-,43+,44-,45-,47+,49-,50-/m1/s1. The maximum Gasteiger partial charge on any atom is 0.407 e. The molecule has 17 nitrogen and oxygen atoms in total. The van der Waals surface area contributed by atoms with Crippen LogP contribution in [-0.2, 0) is 54.0 Å². The molecule has 17 heteroatoms. The van der Waals surface area contributed by atoms with Crippen LogP contribution < -0.4 is 10.6 Å². The minimum Gasteiger partial charge on any atom is -0.461 e. The fourth-order valence-corrected chi connectivity index (χ4v) is 9.16. The van der Waals surface area contributed by atoms with Crippen molar-refractivity contribution in [2.45, 2.75) is 148 Å². The summed E-state index contributed by atoms with van der Waals surface area (Å²) in [5, 5.41) is 29.2. The molecule has 4 rings (SSSR count). The molecule has 4 N–H and O–H groups in total. The van der Waals surface area contributed by atoms with E-state index in [0.717, 1.165) is 5.56 Å². The van der Waals surface area contributed by atoms with Crippen LogP contribution in [0.25, 0.3) is 0 Å². The van der Waals surface area contributed by atoms with Gasteiger partial charge in [0.25, 0.3) is 5.91 Å². The highest BCUT2D eigenvalue weighted by Gasteiger charge is 2.54. The highest BCUT2D eigenvalue weighted by Crippen LogP contribution is 2.40.